The highest BCUT2D eigenvalue weighted by Crippen LogP contribution is 2.24. The largest absolute Gasteiger partial charge is 0.464 e. The highest BCUT2D eigenvalue weighted by molar-refractivity contribution is 6.30. The van der Waals surface area contributed by atoms with E-state index in [0.717, 1.165) is 5.56 Å². The predicted molar refractivity (Wildman–Crippen MR) is 69.1 cm³/mol. The standard InChI is InChI=1S/C13H18ClNO2/c1-4-15-13(3,12(16)17-5-2)10-6-8-11(14)9-7-10/h6-9,15H,4-5H2,1-3H3. The van der Waals surface area contributed by atoms with Gasteiger partial charge in [-0.3, -0.25) is 5.32 Å². The van der Waals surface area contributed by atoms with E-state index in [9.17, 15) is 4.79 Å². The van der Waals surface area contributed by atoms with E-state index in [1.54, 1.807) is 19.1 Å². The summed E-state index contributed by atoms with van der Waals surface area (Å²) in [5.41, 5.74) is 0.0252. The van der Waals surface area contributed by atoms with Crippen LogP contribution in [0.3, 0.4) is 0 Å². The topological polar surface area (TPSA) is 38.3 Å². The number of halogens is 1. The van der Waals surface area contributed by atoms with Crippen molar-refractivity contribution < 1.29 is 9.53 Å². The SMILES string of the molecule is CCNC(C)(C(=O)OCC)c1ccc(Cl)cc1. The highest BCUT2D eigenvalue weighted by Gasteiger charge is 2.35. The van der Waals surface area contributed by atoms with Crippen LogP contribution in [0.4, 0.5) is 0 Å². The summed E-state index contributed by atoms with van der Waals surface area (Å²) in [7, 11) is 0. The molecule has 0 heterocycles. The molecule has 0 aliphatic heterocycles. The molecular weight excluding hydrogens is 238 g/mol. The van der Waals surface area contributed by atoms with Crippen LogP contribution in [0.15, 0.2) is 24.3 Å². The lowest BCUT2D eigenvalue weighted by molar-refractivity contribution is -0.151. The van der Waals surface area contributed by atoms with Gasteiger partial charge in [-0.05, 0) is 38.1 Å². The van der Waals surface area contributed by atoms with Crippen molar-refractivity contribution >= 4 is 17.6 Å². The van der Waals surface area contributed by atoms with Crippen molar-refractivity contribution in [2.24, 2.45) is 0 Å². The van der Waals surface area contributed by atoms with Crippen molar-refractivity contribution in [2.45, 2.75) is 26.3 Å². The molecule has 0 amide bonds. The number of hydrogen-bond donors (Lipinski definition) is 1. The van der Waals surface area contributed by atoms with Crippen molar-refractivity contribution in [3.8, 4) is 0 Å². The van der Waals surface area contributed by atoms with Gasteiger partial charge < -0.3 is 4.74 Å². The van der Waals surface area contributed by atoms with Crippen molar-refractivity contribution in [3.05, 3.63) is 34.9 Å². The van der Waals surface area contributed by atoms with Gasteiger partial charge in [0.05, 0.1) is 6.61 Å². The van der Waals surface area contributed by atoms with Gasteiger partial charge in [-0.1, -0.05) is 30.7 Å². The van der Waals surface area contributed by atoms with E-state index in [4.69, 9.17) is 16.3 Å². The first-order valence-corrected chi connectivity index (χ1v) is 6.10. The molecule has 0 aromatic heterocycles. The van der Waals surface area contributed by atoms with Crippen LogP contribution in [0.2, 0.25) is 5.02 Å². The molecule has 17 heavy (non-hydrogen) atoms. The Balaban J connectivity index is 3.06. The third-order valence-electron chi connectivity index (χ3n) is 2.64. The van der Waals surface area contributed by atoms with Crippen molar-refractivity contribution in [3.63, 3.8) is 0 Å². The molecule has 1 aromatic rings. The maximum atomic E-state index is 12.0. The van der Waals surface area contributed by atoms with E-state index in [0.29, 0.717) is 18.2 Å². The first-order valence-electron chi connectivity index (χ1n) is 5.73. The lowest BCUT2D eigenvalue weighted by Crippen LogP contribution is -2.47. The third kappa shape index (κ3) is 3.20. The lowest BCUT2D eigenvalue weighted by Gasteiger charge is -2.28. The lowest BCUT2D eigenvalue weighted by atomic mass is 9.92. The summed E-state index contributed by atoms with van der Waals surface area (Å²) in [5, 5.41) is 3.81. The molecular formula is C13H18ClNO2. The summed E-state index contributed by atoms with van der Waals surface area (Å²) in [6.45, 7) is 6.61. The number of esters is 1. The van der Waals surface area contributed by atoms with Gasteiger partial charge >= 0.3 is 5.97 Å². The first-order chi connectivity index (χ1) is 8.04. The average Bonchev–Trinajstić information content (AvgIpc) is 2.30. The van der Waals surface area contributed by atoms with E-state index >= 15 is 0 Å². The Morgan fingerprint density at radius 1 is 1.35 bits per heavy atom. The van der Waals surface area contributed by atoms with Gasteiger partial charge in [0.1, 0.15) is 5.54 Å². The van der Waals surface area contributed by atoms with Crippen molar-refractivity contribution in [1.82, 2.24) is 5.32 Å². The molecule has 4 heteroatoms. The number of likely N-dealkylation sites (N-methyl/N-ethyl adjacent to an activating group) is 1. The normalized spacial score (nSPS) is 14.1. The number of benzene rings is 1. The Labute approximate surface area is 107 Å². The fourth-order valence-electron chi connectivity index (χ4n) is 1.70. The number of hydrogen-bond acceptors (Lipinski definition) is 3. The summed E-state index contributed by atoms with van der Waals surface area (Å²) in [6.07, 6.45) is 0. The molecule has 1 unspecified atom stereocenters. The van der Waals surface area contributed by atoms with E-state index in [1.165, 1.54) is 0 Å². The zero-order valence-corrected chi connectivity index (χ0v) is 11.2. The minimum Gasteiger partial charge on any atom is -0.464 e. The molecule has 0 aliphatic rings. The van der Waals surface area contributed by atoms with Gasteiger partial charge in [-0.2, -0.15) is 0 Å². The van der Waals surface area contributed by atoms with Crippen molar-refractivity contribution in [1.29, 1.82) is 0 Å². The summed E-state index contributed by atoms with van der Waals surface area (Å²) < 4.78 is 5.11. The van der Waals surface area contributed by atoms with E-state index in [1.807, 2.05) is 26.0 Å². The Morgan fingerprint density at radius 2 is 1.94 bits per heavy atom. The van der Waals surface area contributed by atoms with Crippen LogP contribution in [0.25, 0.3) is 0 Å². The second kappa shape index (κ2) is 6.03. The Hall–Kier alpha value is -1.06. The smallest absolute Gasteiger partial charge is 0.330 e. The van der Waals surface area contributed by atoms with Crippen LogP contribution >= 0.6 is 11.6 Å². The molecule has 1 atom stereocenters. The molecule has 0 radical (unpaired) electrons. The minimum atomic E-state index is -0.824. The van der Waals surface area contributed by atoms with Gasteiger partial charge in [0.2, 0.25) is 0 Å². The Kier molecular flexibility index (Phi) is 4.97. The molecule has 1 aromatic carbocycles. The second-order valence-corrected chi connectivity index (χ2v) is 4.32. The van der Waals surface area contributed by atoms with Gasteiger partial charge in [0.15, 0.2) is 0 Å². The van der Waals surface area contributed by atoms with Crippen LogP contribution in [0.5, 0.6) is 0 Å². The fourth-order valence-corrected chi connectivity index (χ4v) is 1.83. The van der Waals surface area contributed by atoms with Crippen LogP contribution < -0.4 is 5.32 Å². The molecule has 3 nitrogen and oxygen atoms in total. The molecule has 0 aliphatic carbocycles. The van der Waals surface area contributed by atoms with Gasteiger partial charge in [-0.25, -0.2) is 4.79 Å². The number of ether oxygens (including phenoxy) is 1. The quantitative estimate of drug-likeness (QED) is 0.823. The van der Waals surface area contributed by atoms with Crippen LogP contribution in [-0.2, 0) is 15.1 Å². The Bertz CT molecular complexity index is 378. The summed E-state index contributed by atoms with van der Waals surface area (Å²) in [6, 6.07) is 7.21. The summed E-state index contributed by atoms with van der Waals surface area (Å²) in [5.74, 6) is -0.274. The molecule has 0 fully saturated rings. The highest BCUT2D eigenvalue weighted by atomic mass is 35.5. The Morgan fingerprint density at radius 3 is 2.41 bits per heavy atom. The monoisotopic (exact) mass is 255 g/mol. The molecule has 0 spiro atoms. The molecule has 0 bridgehead atoms. The van der Waals surface area contributed by atoms with Crippen LogP contribution in [-0.4, -0.2) is 19.1 Å². The molecule has 0 saturated carbocycles. The number of carbonyl (C=O) groups is 1. The van der Waals surface area contributed by atoms with Gasteiger partial charge in [0, 0.05) is 5.02 Å². The van der Waals surface area contributed by atoms with E-state index in [-0.39, 0.29) is 5.97 Å². The minimum absolute atomic E-state index is 0.274. The van der Waals surface area contributed by atoms with E-state index < -0.39 is 5.54 Å². The van der Waals surface area contributed by atoms with Crippen LogP contribution in [0, 0.1) is 0 Å². The number of nitrogens with one attached hydrogen (secondary N) is 1. The number of carbonyl (C=O) groups excluding carboxylic acids is 1. The van der Waals surface area contributed by atoms with E-state index in [2.05, 4.69) is 5.32 Å². The third-order valence-corrected chi connectivity index (χ3v) is 2.89. The maximum absolute atomic E-state index is 12.0. The molecule has 0 saturated heterocycles. The second-order valence-electron chi connectivity index (χ2n) is 3.88. The van der Waals surface area contributed by atoms with Gasteiger partial charge in [-0.15, -0.1) is 0 Å². The summed E-state index contributed by atoms with van der Waals surface area (Å²) >= 11 is 5.84. The summed E-state index contributed by atoms with van der Waals surface area (Å²) in [4.78, 5) is 12.0. The fraction of sp³-hybridized carbons (Fsp3) is 0.462. The van der Waals surface area contributed by atoms with Crippen LogP contribution in [0.1, 0.15) is 26.3 Å². The molecule has 1 rings (SSSR count). The van der Waals surface area contributed by atoms with Gasteiger partial charge in [0.25, 0.3) is 0 Å². The number of rotatable bonds is 5. The zero-order chi connectivity index (χ0) is 12.9. The van der Waals surface area contributed by atoms with Crippen molar-refractivity contribution in [2.75, 3.05) is 13.2 Å². The first kappa shape index (κ1) is 14.0. The molecule has 1 N–H and O–H groups in total. The predicted octanol–water partition coefficient (Wildman–Crippen LogP) is 2.73. The molecule has 94 valence electrons. The maximum Gasteiger partial charge on any atom is 0.330 e. The zero-order valence-electron chi connectivity index (χ0n) is 10.4. The average molecular weight is 256 g/mol.